The molecular weight excluding hydrogens is 409 g/mol. The highest BCUT2D eigenvalue weighted by Crippen LogP contribution is 2.21. The average molecular weight is 428 g/mol. The summed E-state index contributed by atoms with van der Waals surface area (Å²) in [5.74, 6) is -0.562. The van der Waals surface area contributed by atoms with Crippen molar-refractivity contribution in [3.63, 3.8) is 0 Å². The Kier molecular flexibility index (Phi) is 7.79. The number of benzene rings is 2. The molecule has 1 amide bonds. The van der Waals surface area contributed by atoms with Crippen molar-refractivity contribution in [2.75, 3.05) is 19.3 Å². The van der Waals surface area contributed by atoms with Gasteiger partial charge in [-0.15, -0.1) is 0 Å². The highest BCUT2D eigenvalue weighted by Gasteiger charge is 2.19. The van der Waals surface area contributed by atoms with Crippen LogP contribution in [0.4, 0.5) is 0 Å². The van der Waals surface area contributed by atoms with Gasteiger partial charge in [-0.05, 0) is 24.1 Å². The molecule has 0 fully saturated rings. The van der Waals surface area contributed by atoms with E-state index >= 15 is 0 Å². The Balaban J connectivity index is 1.96. The maximum atomic E-state index is 12.1. The number of nitrogens with zero attached hydrogens (tertiary/aromatic N) is 2. The van der Waals surface area contributed by atoms with E-state index in [1.807, 2.05) is 30.3 Å². The Hall–Kier alpha value is -1.93. The Morgan fingerprint density at radius 2 is 1.74 bits per heavy atom. The van der Waals surface area contributed by atoms with Gasteiger partial charge in [0.2, 0.25) is 10.0 Å². The number of amides is 1. The number of rotatable bonds is 8. The molecular formula is C18H19Cl2N3O3S. The molecule has 0 aliphatic rings. The molecule has 0 bridgehead atoms. The molecule has 144 valence electrons. The molecule has 6 nitrogen and oxygen atoms in total. The fourth-order valence-corrected chi connectivity index (χ4v) is 3.53. The maximum absolute atomic E-state index is 12.1. The van der Waals surface area contributed by atoms with Crippen LogP contribution in [0.3, 0.4) is 0 Å². The van der Waals surface area contributed by atoms with Gasteiger partial charge >= 0.3 is 0 Å². The van der Waals surface area contributed by atoms with Crippen molar-refractivity contribution >= 4 is 45.3 Å². The summed E-state index contributed by atoms with van der Waals surface area (Å²) < 4.78 is 25.0. The molecule has 0 spiro atoms. The van der Waals surface area contributed by atoms with E-state index in [2.05, 4.69) is 10.5 Å². The molecule has 0 saturated heterocycles. The van der Waals surface area contributed by atoms with E-state index in [1.54, 1.807) is 18.2 Å². The number of hydrogen-bond donors (Lipinski definition) is 1. The predicted molar refractivity (Wildman–Crippen MR) is 109 cm³/mol. The quantitative estimate of drug-likeness (QED) is 0.519. The number of hydrazone groups is 1. The van der Waals surface area contributed by atoms with Crippen LogP contribution in [0.15, 0.2) is 53.6 Å². The monoisotopic (exact) mass is 427 g/mol. The lowest BCUT2D eigenvalue weighted by Gasteiger charge is -2.18. The fraction of sp³-hybridized carbons (Fsp3) is 0.222. The van der Waals surface area contributed by atoms with Gasteiger partial charge in [-0.25, -0.2) is 13.8 Å². The van der Waals surface area contributed by atoms with Crippen LogP contribution < -0.4 is 5.43 Å². The van der Waals surface area contributed by atoms with Gasteiger partial charge in [0.25, 0.3) is 5.91 Å². The Morgan fingerprint density at radius 3 is 2.33 bits per heavy atom. The normalized spacial score (nSPS) is 11.9. The SMILES string of the molecule is CS(=O)(=O)N(CCc1ccccc1)CC(=O)NN=Cc1c(Cl)cccc1Cl. The van der Waals surface area contributed by atoms with Gasteiger partial charge in [0.1, 0.15) is 0 Å². The summed E-state index contributed by atoms with van der Waals surface area (Å²) >= 11 is 12.0. The van der Waals surface area contributed by atoms with E-state index in [9.17, 15) is 13.2 Å². The first-order chi connectivity index (χ1) is 12.8. The van der Waals surface area contributed by atoms with Gasteiger partial charge in [-0.3, -0.25) is 4.79 Å². The molecule has 0 atom stereocenters. The van der Waals surface area contributed by atoms with Crippen molar-refractivity contribution in [2.24, 2.45) is 5.10 Å². The zero-order valence-electron chi connectivity index (χ0n) is 14.6. The van der Waals surface area contributed by atoms with Crippen LogP contribution in [0.2, 0.25) is 10.0 Å². The third kappa shape index (κ3) is 6.95. The van der Waals surface area contributed by atoms with E-state index in [-0.39, 0.29) is 13.1 Å². The summed E-state index contributed by atoms with van der Waals surface area (Å²) in [6.07, 6.45) is 2.88. The lowest BCUT2D eigenvalue weighted by Crippen LogP contribution is -2.40. The van der Waals surface area contributed by atoms with Crippen LogP contribution in [0.1, 0.15) is 11.1 Å². The Morgan fingerprint density at radius 1 is 1.11 bits per heavy atom. The second kappa shape index (κ2) is 9.85. The molecule has 0 aliphatic carbocycles. The number of carbonyl (C=O) groups is 1. The molecule has 0 unspecified atom stereocenters. The summed E-state index contributed by atoms with van der Waals surface area (Å²) in [5, 5.41) is 4.58. The standard InChI is InChI=1S/C18H19Cl2N3O3S/c1-27(25,26)23(11-10-14-6-3-2-4-7-14)13-18(24)22-21-12-15-16(19)8-5-9-17(15)20/h2-9,12H,10-11,13H2,1H3,(H,22,24). The molecule has 9 heteroatoms. The van der Waals surface area contributed by atoms with E-state index < -0.39 is 15.9 Å². The molecule has 0 saturated carbocycles. The van der Waals surface area contributed by atoms with Crippen LogP contribution in [0, 0.1) is 0 Å². The molecule has 2 aromatic carbocycles. The number of carbonyl (C=O) groups excluding carboxylic acids is 1. The largest absolute Gasteiger partial charge is 0.272 e. The second-order valence-corrected chi connectivity index (χ2v) is 8.56. The first kappa shape index (κ1) is 21.4. The lowest BCUT2D eigenvalue weighted by atomic mass is 10.1. The minimum absolute atomic E-state index is 0.191. The first-order valence-corrected chi connectivity index (χ1v) is 10.6. The van der Waals surface area contributed by atoms with Crippen molar-refractivity contribution in [1.82, 2.24) is 9.73 Å². The summed E-state index contributed by atoms with van der Waals surface area (Å²) in [6, 6.07) is 14.4. The molecule has 0 aromatic heterocycles. The van der Waals surface area contributed by atoms with E-state index in [4.69, 9.17) is 23.2 Å². The van der Waals surface area contributed by atoms with Crippen molar-refractivity contribution in [3.05, 3.63) is 69.7 Å². The number of sulfonamides is 1. The number of halogens is 2. The van der Waals surface area contributed by atoms with Crippen LogP contribution >= 0.6 is 23.2 Å². The minimum Gasteiger partial charge on any atom is -0.272 e. The van der Waals surface area contributed by atoms with Gasteiger partial charge in [0.15, 0.2) is 0 Å². The van der Waals surface area contributed by atoms with E-state index in [1.165, 1.54) is 6.21 Å². The van der Waals surface area contributed by atoms with Crippen molar-refractivity contribution < 1.29 is 13.2 Å². The summed E-state index contributed by atoms with van der Waals surface area (Å²) in [6.45, 7) is -0.143. The van der Waals surface area contributed by atoms with Gasteiger partial charge in [-0.2, -0.15) is 9.41 Å². The Bertz CT molecular complexity index is 898. The third-order valence-corrected chi connectivity index (χ3v) is 5.57. The van der Waals surface area contributed by atoms with E-state index in [0.717, 1.165) is 16.1 Å². The minimum atomic E-state index is -3.54. The second-order valence-electron chi connectivity index (χ2n) is 5.76. The lowest BCUT2D eigenvalue weighted by molar-refractivity contribution is -0.121. The molecule has 27 heavy (non-hydrogen) atoms. The predicted octanol–water partition coefficient (Wildman–Crippen LogP) is 2.95. The molecule has 0 aliphatic heterocycles. The van der Waals surface area contributed by atoms with Crippen LogP contribution in [-0.4, -0.2) is 44.2 Å². The van der Waals surface area contributed by atoms with Crippen molar-refractivity contribution in [1.29, 1.82) is 0 Å². The number of hydrogen-bond acceptors (Lipinski definition) is 4. The van der Waals surface area contributed by atoms with Gasteiger partial charge in [0.05, 0.1) is 29.1 Å². The maximum Gasteiger partial charge on any atom is 0.255 e. The van der Waals surface area contributed by atoms with Crippen LogP contribution in [-0.2, 0) is 21.2 Å². The molecule has 1 N–H and O–H groups in total. The van der Waals surface area contributed by atoms with Crippen LogP contribution in [0.5, 0.6) is 0 Å². The van der Waals surface area contributed by atoms with E-state index in [0.29, 0.717) is 22.0 Å². The van der Waals surface area contributed by atoms with Crippen molar-refractivity contribution in [3.8, 4) is 0 Å². The van der Waals surface area contributed by atoms with Gasteiger partial charge in [-0.1, -0.05) is 59.6 Å². The van der Waals surface area contributed by atoms with Gasteiger partial charge in [0, 0.05) is 12.1 Å². The number of nitrogens with one attached hydrogen (secondary N) is 1. The van der Waals surface area contributed by atoms with Crippen LogP contribution in [0.25, 0.3) is 0 Å². The molecule has 2 rings (SSSR count). The zero-order valence-corrected chi connectivity index (χ0v) is 16.9. The zero-order chi connectivity index (χ0) is 19.9. The molecule has 0 heterocycles. The molecule has 0 radical (unpaired) electrons. The first-order valence-electron chi connectivity index (χ1n) is 8.02. The van der Waals surface area contributed by atoms with Gasteiger partial charge < -0.3 is 0 Å². The smallest absolute Gasteiger partial charge is 0.255 e. The average Bonchev–Trinajstić information content (AvgIpc) is 2.61. The fourth-order valence-electron chi connectivity index (χ4n) is 2.26. The highest BCUT2D eigenvalue weighted by atomic mass is 35.5. The Labute approximate surface area is 168 Å². The highest BCUT2D eigenvalue weighted by molar-refractivity contribution is 7.88. The summed E-state index contributed by atoms with van der Waals surface area (Å²) in [7, 11) is -3.54. The third-order valence-electron chi connectivity index (χ3n) is 3.66. The summed E-state index contributed by atoms with van der Waals surface area (Å²) in [5.41, 5.74) is 3.74. The topological polar surface area (TPSA) is 78.8 Å². The summed E-state index contributed by atoms with van der Waals surface area (Å²) in [4.78, 5) is 12.1. The van der Waals surface area contributed by atoms with Crippen molar-refractivity contribution in [2.45, 2.75) is 6.42 Å². The molecule has 2 aromatic rings.